The fourth-order valence-corrected chi connectivity index (χ4v) is 4.98. The number of amides is 2. The third-order valence-electron chi connectivity index (χ3n) is 7.37. The Balaban J connectivity index is 1.66. The first-order valence-electron chi connectivity index (χ1n) is 14.2. The molecule has 4 aromatic rings. The Bertz CT molecular complexity index is 1910. The number of pyridine rings is 1. The number of hydrogen-bond donors (Lipinski definition) is 2. The molecule has 5 rings (SSSR count). The van der Waals surface area contributed by atoms with Crippen molar-refractivity contribution >= 4 is 35.3 Å². The number of aliphatic imine (C=N–C) groups is 2. The molecule has 14 heteroatoms. The van der Waals surface area contributed by atoms with Gasteiger partial charge in [0.25, 0.3) is 11.8 Å². The molecule has 10 nitrogen and oxygen atoms in total. The molecule has 2 amide bonds. The van der Waals surface area contributed by atoms with E-state index in [1.54, 1.807) is 13.0 Å². The highest BCUT2D eigenvalue weighted by Crippen LogP contribution is 2.42. The molecule has 0 radical (unpaired) electrons. The predicted molar refractivity (Wildman–Crippen MR) is 168 cm³/mol. The van der Waals surface area contributed by atoms with Crippen LogP contribution in [0.15, 0.2) is 75.3 Å². The number of amidine groups is 1. The van der Waals surface area contributed by atoms with Gasteiger partial charge in [-0.15, -0.1) is 0 Å². The third-order valence-corrected chi connectivity index (χ3v) is 7.37. The van der Waals surface area contributed by atoms with Gasteiger partial charge >= 0.3 is 6.18 Å². The average molecular weight is 652 g/mol. The fourth-order valence-electron chi connectivity index (χ4n) is 4.98. The van der Waals surface area contributed by atoms with Crippen LogP contribution < -0.4 is 20.1 Å². The van der Waals surface area contributed by atoms with Crippen LogP contribution in [0.3, 0.4) is 0 Å². The van der Waals surface area contributed by atoms with E-state index in [4.69, 9.17) is 13.9 Å². The van der Waals surface area contributed by atoms with Crippen LogP contribution in [-0.2, 0) is 0 Å². The zero-order chi connectivity index (χ0) is 33.9. The number of carbonyl (C=O) groups is 2. The number of nitrogens with one attached hydrogen (secondary N) is 2. The Morgan fingerprint density at radius 3 is 2.45 bits per heavy atom. The third kappa shape index (κ3) is 6.86. The van der Waals surface area contributed by atoms with E-state index in [1.165, 1.54) is 69.0 Å². The van der Waals surface area contributed by atoms with Gasteiger partial charge in [0.2, 0.25) is 5.88 Å². The molecule has 2 N–H and O–H groups in total. The van der Waals surface area contributed by atoms with Crippen molar-refractivity contribution in [2.45, 2.75) is 31.5 Å². The lowest BCUT2D eigenvalue weighted by atomic mass is 9.99. The quantitative estimate of drug-likeness (QED) is 0.114. The minimum absolute atomic E-state index is 0.0293. The first-order chi connectivity index (χ1) is 22.4. The number of carbonyl (C=O) groups excluding carboxylic acids is 2. The number of furan rings is 1. The smallest absolute Gasteiger partial charge is 0.422 e. The molecule has 0 atom stereocenters. The summed E-state index contributed by atoms with van der Waals surface area (Å²) >= 11 is 0. The van der Waals surface area contributed by atoms with Gasteiger partial charge in [-0.3, -0.25) is 9.59 Å². The van der Waals surface area contributed by atoms with Crippen LogP contribution in [0, 0.1) is 5.82 Å². The van der Waals surface area contributed by atoms with Crippen LogP contribution in [0.25, 0.3) is 33.4 Å². The van der Waals surface area contributed by atoms with Gasteiger partial charge < -0.3 is 24.5 Å². The Kier molecular flexibility index (Phi) is 9.13. The summed E-state index contributed by atoms with van der Waals surface area (Å²) in [6, 6.07) is 9.20. The monoisotopic (exact) mass is 651 g/mol. The lowest BCUT2D eigenvalue weighted by molar-refractivity contribution is -0.153. The molecule has 1 saturated carbocycles. The number of fused-ring (bicyclic) bond motifs is 1. The molecule has 2 aromatic heterocycles. The fraction of sp³-hybridized carbons (Fsp3) is 0.242. The number of alkyl halides is 3. The number of halogens is 4. The SMILES string of the molecule is C=N/C(=N\C=C/C)C1(NC(=O)c2cc(-c3cc4c(C(=O)NC)c(-c5ccc(F)cc5)oc4cc3OCC(F)(F)F)cnc2OC)CC1. The number of hydrogen-bond acceptors (Lipinski definition) is 7. The summed E-state index contributed by atoms with van der Waals surface area (Å²) in [5.74, 6) is -1.60. The summed E-state index contributed by atoms with van der Waals surface area (Å²) in [5.41, 5.74) is -0.204. The minimum Gasteiger partial charge on any atom is -0.483 e. The van der Waals surface area contributed by atoms with Crippen molar-refractivity contribution < 1.29 is 41.0 Å². The van der Waals surface area contributed by atoms with Gasteiger partial charge in [-0.05, 0) is 62.9 Å². The Hall–Kier alpha value is -5.53. The normalized spacial score (nSPS) is 14.2. The zero-order valence-corrected chi connectivity index (χ0v) is 25.5. The summed E-state index contributed by atoms with van der Waals surface area (Å²) in [4.78, 5) is 39.2. The summed E-state index contributed by atoms with van der Waals surface area (Å²) in [7, 11) is 2.72. The van der Waals surface area contributed by atoms with Crippen LogP contribution in [0.5, 0.6) is 11.6 Å². The van der Waals surface area contributed by atoms with Gasteiger partial charge in [0.05, 0.1) is 12.7 Å². The molecule has 2 heterocycles. The van der Waals surface area contributed by atoms with Crippen LogP contribution in [-0.4, -0.2) is 61.8 Å². The molecule has 0 unspecified atom stereocenters. The van der Waals surface area contributed by atoms with E-state index < -0.39 is 36.0 Å². The van der Waals surface area contributed by atoms with E-state index in [0.29, 0.717) is 24.2 Å². The van der Waals surface area contributed by atoms with Crippen LogP contribution in [0.4, 0.5) is 17.6 Å². The van der Waals surface area contributed by atoms with Gasteiger partial charge in [0.1, 0.15) is 34.0 Å². The van der Waals surface area contributed by atoms with Crippen molar-refractivity contribution in [1.29, 1.82) is 0 Å². The summed E-state index contributed by atoms with van der Waals surface area (Å²) in [5, 5.41) is 5.66. The first-order valence-corrected chi connectivity index (χ1v) is 14.2. The number of methoxy groups -OCH3 is 1. The van der Waals surface area contributed by atoms with Crippen LogP contribution >= 0.6 is 0 Å². The van der Waals surface area contributed by atoms with E-state index in [9.17, 15) is 27.2 Å². The molecule has 0 saturated heterocycles. The van der Waals surface area contributed by atoms with Gasteiger partial charge in [-0.25, -0.2) is 19.4 Å². The maximum absolute atomic E-state index is 13.7. The van der Waals surface area contributed by atoms with Crippen molar-refractivity contribution in [2.75, 3.05) is 20.8 Å². The highest BCUT2D eigenvalue weighted by atomic mass is 19.4. The van der Waals surface area contributed by atoms with Crippen molar-refractivity contribution in [1.82, 2.24) is 15.6 Å². The van der Waals surface area contributed by atoms with E-state index in [2.05, 4.69) is 32.3 Å². The van der Waals surface area contributed by atoms with Gasteiger partial charge in [-0.1, -0.05) is 6.08 Å². The number of ether oxygens (including phenoxy) is 2. The Morgan fingerprint density at radius 1 is 1.13 bits per heavy atom. The van der Waals surface area contributed by atoms with Crippen molar-refractivity contribution in [3.63, 3.8) is 0 Å². The van der Waals surface area contributed by atoms with Crippen molar-refractivity contribution in [3.05, 3.63) is 77.9 Å². The first kappa shape index (κ1) is 32.9. The Morgan fingerprint density at radius 2 is 1.85 bits per heavy atom. The lowest BCUT2D eigenvalue weighted by Gasteiger charge is -2.18. The molecule has 0 aliphatic heterocycles. The van der Waals surface area contributed by atoms with Crippen molar-refractivity contribution in [2.24, 2.45) is 9.98 Å². The maximum atomic E-state index is 13.7. The van der Waals surface area contributed by atoms with Gasteiger partial charge in [0, 0.05) is 47.6 Å². The zero-order valence-electron chi connectivity index (χ0n) is 25.5. The van der Waals surface area contributed by atoms with Gasteiger partial charge in [0.15, 0.2) is 12.4 Å². The standard InChI is InChI=1S/C33H29F4N5O5/c1-5-12-40-31(39-3)32(10-11-32)42-28(43)23-13-19(16-41-30(23)45-4)21-14-22-25(15-24(21)46-17-33(35,36)37)47-27(26(22)29(44)38-2)18-6-8-20(34)9-7-18/h5-9,12-16H,3,10-11,17H2,1-2,4H3,(H,38,44)(H,42,43)/b12-5-,40-31-. The predicted octanol–water partition coefficient (Wildman–Crippen LogP) is 6.51. The lowest BCUT2D eigenvalue weighted by Crippen LogP contribution is -2.42. The second kappa shape index (κ2) is 13.1. The van der Waals surface area contributed by atoms with E-state index >= 15 is 0 Å². The van der Waals surface area contributed by atoms with E-state index in [1.807, 2.05) is 0 Å². The number of benzene rings is 2. The number of nitrogens with zero attached hydrogens (tertiary/aromatic N) is 3. The second-order valence-corrected chi connectivity index (χ2v) is 10.6. The molecule has 1 aliphatic carbocycles. The van der Waals surface area contributed by atoms with E-state index in [0.717, 1.165) is 0 Å². The molecular weight excluding hydrogens is 622 g/mol. The summed E-state index contributed by atoms with van der Waals surface area (Å²) in [6.45, 7) is 3.70. The average Bonchev–Trinajstić information content (AvgIpc) is 3.73. The summed E-state index contributed by atoms with van der Waals surface area (Å²) < 4.78 is 70.2. The highest BCUT2D eigenvalue weighted by molar-refractivity contribution is 6.12. The number of aromatic nitrogens is 1. The second-order valence-electron chi connectivity index (χ2n) is 10.6. The number of allylic oxidation sites excluding steroid dienone is 1. The topological polar surface area (TPSA) is 127 Å². The molecule has 1 aliphatic rings. The molecule has 244 valence electrons. The highest BCUT2D eigenvalue weighted by Gasteiger charge is 2.49. The molecule has 2 aromatic carbocycles. The molecular formula is C33H29F4N5O5. The molecule has 0 bridgehead atoms. The van der Waals surface area contributed by atoms with Crippen LogP contribution in [0.1, 0.15) is 40.5 Å². The summed E-state index contributed by atoms with van der Waals surface area (Å²) in [6.07, 6.45) is 0.947. The van der Waals surface area contributed by atoms with Crippen molar-refractivity contribution in [3.8, 4) is 34.1 Å². The van der Waals surface area contributed by atoms with Crippen LogP contribution in [0.2, 0.25) is 0 Å². The molecule has 0 spiro atoms. The Labute approximate surface area is 266 Å². The number of rotatable bonds is 10. The van der Waals surface area contributed by atoms with E-state index in [-0.39, 0.29) is 50.6 Å². The van der Waals surface area contributed by atoms with Gasteiger partial charge in [-0.2, -0.15) is 13.2 Å². The largest absolute Gasteiger partial charge is 0.483 e. The maximum Gasteiger partial charge on any atom is 0.422 e. The molecule has 1 fully saturated rings. The minimum atomic E-state index is -4.69. The molecule has 47 heavy (non-hydrogen) atoms.